The number of rotatable bonds is 3. The first-order chi connectivity index (χ1) is 9.77. The van der Waals surface area contributed by atoms with Gasteiger partial charge in [-0.25, -0.2) is 0 Å². The molecule has 0 aromatic heterocycles. The third kappa shape index (κ3) is 3.58. The highest BCUT2D eigenvalue weighted by molar-refractivity contribution is 7.99. The highest BCUT2D eigenvalue weighted by Gasteiger charge is 2.41. The van der Waals surface area contributed by atoms with Crippen molar-refractivity contribution >= 4 is 17.5 Å². The van der Waals surface area contributed by atoms with Crippen LogP contribution in [0.1, 0.15) is 44.9 Å². The summed E-state index contributed by atoms with van der Waals surface area (Å²) in [5.41, 5.74) is 0.0502. The standard InChI is InChI=1S/C16H27NO2S/c18-15(10-13-2-1-6-17-12-13)14-3-7-19-16(11-14)4-8-20-9-5-16/h13-14,17H,1-12H2. The average Bonchev–Trinajstić information content (AvgIpc) is 2.49. The van der Waals surface area contributed by atoms with Crippen LogP contribution < -0.4 is 5.32 Å². The van der Waals surface area contributed by atoms with Crippen LogP contribution in [-0.2, 0) is 9.53 Å². The van der Waals surface area contributed by atoms with Gasteiger partial charge in [-0.1, -0.05) is 0 Å². The number of nitrogens with one attached hydrogen (secondary N) is 1. The minimum Gasteiger partial charge on any atom is -0.375 e. The topological polar surface area (TPSA) is 38.3 Å². The van der Waals surface area contributed by atoms with E-state index in [1.165, 1.54) is 24.3 Å². The Labute approximate surface area is 126 Å². The highest BCUT2D eigenvalue weighted by Crippen LogP contribution is 2.40. The number of carbonyl (C=O) groups is 1. The summed E-state index contributed by atoms with van der Waals surface area (Å²) >= 11 is 2.03. The van der Waals surface area contributed by atoms with Gasteiger partial charge in [0.15, 0.2) is 0 Å². The molecule has 3 saturated heterocycles. The number of ketones is 1. The van der Waals surface area contributed by atoms with Crippen molar-refractivity contribution in [3.05, 3.63) is 0 Å². The van der Waals surface area contributed by atoms with Gasteiger partial charge >= 0.3 is 0 Å². The second-order valence-corrected chi connectivity index (χ2v) is 7.94. The van der Waals surface area contributed by atoms with Crippen molar-refractivity contribution < 1.29 is 9.53 Å². The lowest BCUT2D eigenvalue weighted by atomic mass is 9.78. The van der Waals surface area contributed by atoms with Crippen molar-refractivity contribution in [3.8, 4) is 0 Å². The monoisotopic (exact) mass is 297 g/mol. The van der Waals surface area contributed by atoms with Gasteiger partial charge in [0.2, 0.25) is 0 Å². The number of Topliss-reactive ketones (excluding diaryl/α,β-unsaturated/α-hetero) is 1. The van der Waals surface area contributed by atoms with Crippen molar-refractivity contribution in [2.75, 3.05) is 31.2 Å². The second-order valence-electron chi connectivity index (χ2n) is 6.72. The van der Waals surface area contributed by atoms with E-state index in [9.17, 15) is 4.79 Å². The molecule has 20 heavy (non-hydrogen) atoms. The number of hydrogen-bond acceptors (Lipinski definition) is 4. The van der Waals surface area contributed by atoms with Crippen molar-refractivity contribution in [1.82, 2.24) is 5.32 Å². The summed E-state index contributed by atoms with van der Waals surface area (Å²) in [6, 6.07) is 0. The van der Waals surface area contributed by atoms with Crippen LogP contribution in [0.2, 0.25) is 0 Å². The number of piperidine rings is 1. The first kappa shape index (κ1) is 14.9. The molecule has 3 fully saturated rings. The third-order valence-electron chi connectivity index (χ3n) is 5.24. The molecular formula is C16H27NO2S. The molecule has 3 aliphatic rings. The van der Waals surface area contributed by atoms with Crippen LogP contribution in [0.25, 0.3) is 0 Å². The Balaban J connectivity index is 1.54. The Morgan fingerprint density at radius 3 is 2.90 bits per heavy atom. The molecule has 0 radical (unpaired) electrons. The van der Waals surface area contributed by atoms with Crippen LogP contribution in [0.3, 0.4) is 0 Å². The zero-order valence-corrected chi connectivity index (χ0v) is 13.2. The molecule has 3 nitrogen and oxygen atoms in total. The molecule has 1 N–H and O–H groups in total. The zero-order valence-electron chi connectivity index (χ0n) is 12.4. The summed E-state index contributed by atoms with van der Waals surface area (Å²) in [6.45, 7) is 2.96. The maximum atomic E-state index is 12.6. The van der Waals surface area contributed by atoms with Gasteiger partial charge < -0.3 is 10.1 Å². The minimum absolute atomic E-state index is 0.0502. The predicted octanol–water partition coefficient (Wildman–Crippen LogP) is 2.64. The average molecular weight is 297 g/mol. The number of ether oxygens (including phenoxy) is 1. The molecule has 1 spiro atoms. The largest absolute Gasteiger partial charge is 0.375 e. The fraction of sp³-hybridized carbons (Fsp3) is 0.938. The molecule has 0 bridgehead atoms. The van der Waals surface area contributed by atoms with Crippen molar-refractivity contribution in [2.24, 2.45) is 11.8 Å². The predicted molar refractivity (Wildman–Crippen MR) is 83.2 cm³/mol. The lowest BCUT2D eigenvalue weighted by molar-refractivity contribution is -0.139. The maximum Gasteiger partial charge on any atom is 0.136 e. The number of carbonyl (C=O) groups excluding carboxylic acids is 1. The summed E-state index contributed by atoms with van der Waals surface area (Å²) in [4.78, 5) is 12.6. The summed E-state index contributed by atoms with van der Waals surface area (Å²) in [7, 11) is 0. The fourth-order valence-corrected chi connectivity index (χ4v) is 5.18. The maximum absolute atomic E-state index is 12.6. The number of hydrogen-bond donors (Lipinski definition) is 1. The summed E-state index contributed by atoms with van der Waals surface area (Å²) in [5.74, 6) is 3.77. The smallest absolute Gasteiger partial charge is 0.136 e. The van der Waals surface area contributed by atoms with Gasteiger partial charge in [-0.2, -0.15) is 11.8 Å². The van der Waals surface area contributed by atoms with E-state index in [0.717, 1.165) is 51.8 Å². The van der Waals surface area contributed by atoms with Gasteiger partial charge in [0.05, 0.1) is 5.60 Å². The second kappa shape index (κ2) is 6.80. The lowest BCUT2D eigenvalue weighted by Gasteiger charge is -2.43. The molecule has 0 aromatic rings. The molecule has 3 rings (SSSR count). The van der Waals surface area contributed by atoms with E-state index in [2.05, 4.69) is 5.32 Å². The molecule has 0 aliphatic carbocycles. The van der Waals surface area contributed by atoms with Gasteiger partial charge in [-0.05, 0) is 69.0 Å². The SMILES string of the molecule is O=C(CC1CCCNC1)C1CCOC2(CCSCC2)C1. The fourth-order valence-electron chi connectivity index (χ4n) is 3.94. The summed E-state index contributed by atoms with van der Waals surface area (Å²) < 4.78 is 6.10. The highest BCUT2D eigenvalue weighted by atomic mass is 32.2. The Hall–Kier alpha value is -0.0600. The molecule has 3 heterocycles. The van der Waals surface area contributed by atoms with Crippen LogP contribution in [0, 0.1) is 11.8 Å². The van der Waals surface area contributed by atoms with Crippen LogP contribution >= 0.6 is 11.8 Å². The quantitative estimate of drug-likeness (QED) is 0.869. The Kier molecular flexibility index (Phi) is 5.05. The van der Waals surface area contributed by atoms with Gasteiger partial charge in [-0.3, -0.25) is 4.79 Å². The van der Waals surface area contributed by atoms with Crippen LogP contribution in [-0.4, -0.2) is 42.6 Å². The normalized spacial score (nSPS) is 34.0. The van der Waals surface area contributed by atoms with Gasteiger partial charge in [-0.15, -0.1) is 0 Å². The lowest BCUT2D eigenvalue weighted by Crippen LogP contribution is -2.45. The van der Waals surface area contributed by atoms with E-state index in [1.807, 2.05) is 11.8 Å². The third-order valence-corrected chi connectivity index (χ3v) is 6.23. The molecular weight excluding hydrogens is 270 g/mol. The molecule has 2 unspecified atom stereocenters. The summed E-state index contributed by atoms with van der Waals surface area (Å²) in [5, 5.41) is 3.42. The van der Waals surface area contributed by atoms with E-state index in [-0.39, 0.29) is 11.5 Å². The first-order valence-electron chi connectivity index (χ1n) is 8.23. The molecule has 2 atom stereocenters. The van der Waals surface area contributed by atoms with Crippen LogP contribution in [0.15, 0.2) is 0 Å². The van der Waals surface area contributed by atoms with Crippen LogP contribution in [0.5, 0.6) is 0 Å². The first-order valence-corrected chi connectivity index (χ1v) is 9.38. The number of thioether (sulfide) groups is 1. The molecule has 0 amide bonds. The molecule has 4 heteroatoms. The Morgan fingerprint density at radius 2 is 2.15 bits per heavy atom. The Morgan fingerprint density at radius 1 is 1.30 bits per heavy atom. The van der Waals surface area contributed by atoms with Gasteiger partial charge in [0.1, 0.15) is 5.78 Å². The van der Waals surface area contributed by atoms with Crippen molar-refractivity contribution in [1.29, 1.82) is 0 Å². The van der Waals surface area contributed by atoms with Crippen molar-refractivity contribution in [2.45, 2.75) is 50.5 Å². The van der Waals surface area contributed by atoms with Crippen LogP contribution in [0.4, 0.5) is 0 Å². The van der Waals surface area contributed by atoms with Gasteiger partial charge in [0, 0.05) is 18.9 Å². The molecule has 3 aliphatic heterocycles. The summed E-state index contributed by atoms with van der Waals surface area (Å²) in [6.07, 6.45) is 7.48. The Bertz CT molecular complexity index is 330. The van der Waals surface area contributed by atoms with E-state index in [4.69, 9.17) is 4.74 Å². The van der Waals surface area contributed by atoms with E-state index < -0.39 is 0 Å². The molecule has 114 valence electrons. The molecule has 0 saturated carbocycles. The van der Waals surface area contributed by atoms with E-state index in [0.29, 0.717) is 11.7 Å². The minimum atomic E-state index is 0.0502. The van der Waals surface area contributed by atoms with Gasteiger partial charge in [0.25, 0.3) is 0 Å². The van der Waals surface area contributed by atoms with Crippen molar-refractivity contribution in [3.63, 3.8) is 0 Å². The zero-order chi connectivity index (χ0) is 13.8. The van der Waals surface area contributed by atoms with E-state index in [1.54, 1.807) is 0 Å². The molecule has 0 aromatic carbocycles. The van der Waals surface area contributed by atoms with E-state index >= 15 is 0 Å².